The van der Waals surface area contributed by atoms with Gasteiger partial charge in [-0.15, -0.1) is 0 Å². The molecule has 214 valence electrons. The van der Waals surface area contributed by atoms with Gasteiger partial charge in [-0.1, -0.05) is 54.6 Å². The van der Waals surface area contributed by atoms with Gasteiger partial charge in [0.1, 0.15) is 17.1 Å². The summed E-state index contributed by atoms with van der Waals surface area (Å²) in [4.78, 5) is 25.8. The van der Waals surface area contributed by atoms with Gasteiger partial charge in [0.05, 0.1) is 0 Å². The van der Waals surface area contributed by atoms with Gasteiger partial charge in [0, 0.05) is 35.1 Å². The Hall–Kier alpha value is -4.33. The van der Waals surface area contributed by atoms with Crippen LogP contribution in [0.25, 0.3) is 21.7 Å². The Morgan fingerprint density at radius 1 is 0.927 bits per heavy atom. The lowest BCUT2D eigenvalue weighted by molar-refractivity contribution is 0.0488. The Morgan fingerprint density at radius 2 is 1.61 bits per heavy atom. The number of nitrogens with zero attached hydrogens (tertiary/aromatic N) is 1. The molecule has 1 aromatic heterocycles. The second-order valence-electron chi connectivity index (χ2n) is 11.9. The number of benzene rings is 3. The predicted octanol–water partition coefficient (Wildman–Crippen LogP) is 5.89. The highest BCUT2D eigenvalue weighted by Gasteiger charge is 2.27. The van der Waals surface area contributed by atoms with E-state index in [2.05, 4.69) is 45.5 Å². The molecule has 0 bridgehead atoms. The van der Waals surface area contributed by atoms with Crippen LogP contribution in [0.5, 0.6) is 0 Å². The van der Waals surface area contributed by atoms with Crippen molar-refractivity contribution in [3.63, 3.8) is 0 Å². The fraction of sp³-hybridized carbons (Fsp3) is 0.364. The average molecular weight is 554 g/mol. The van der Waals surface area contributed by atoms with Gasteiger partial charge in [0.15, 0.2) is 0 Å². The van der Waals surface area contributed by atoms with Crippen LogP contribution in [0.1, 0.15) is 68.1 Å². The van der Waals surface area contributed by atoms with Crippen molar-refractivity contribution in [2.75, 3.05) is 0 Å². The van der Waals surface area contributed by atoms with Crippen LogP contribution in [-0.2, 0) is 17.7 Å². The lowest BCUT2D eigenvalue weighted by atomic mass is 9.91. The van der Waals surface area contributed by atoms with Crippen molar-refractivity contribution >= 4 is 39.5 Å². The van der Waals surface area contributed by atoms with Gasteiger partial charge in [-0.2, -0.15) is 0 Å². The number of carbonyl (C=O) groups excluding carboxylic acids is 2. The van der Waals surface area contributed by atoms with E-state index >= 15 is 0 Å². The lowest BCUT2D eigenvalue weighted by Gasteiger charge is -2.30. The van der Waals surface area contributed by atoms with Crippen molar-refractivity contribution in [3.8, 4) is 0 Å². The van der Waals surface area contributed by atoms with E-state index in [0.29, 0.717) is 17.8 Å². The molecule has 8 heteroatoms. The van der Waals surface area contributed by atoms with Crippen LogP contribution in [0, 0.1) is 5.41 Å². The van der Waals surface area contributed by atoms with Crippen molar-refractivity contribution in [2.45, 2.75) is 77.1 Å². The maximum absolute atomic E-state index is 13.7. The Kier molecular flexibility index (Phi) is 8.01. The summed E-state index contributed by atoms with van der Waals surface area (Å²) in [7, 11) is 0. The topological polar surface area (TPSA) is 122 Å². The summed E-state index contributed by atoms with van der Waals surface area (Å²) in [6.45, 7) is 6.15. The summed E-state index contributed by atoms with van der Waals surface area (Å²) < 4.78 is 7.44. The third-order valence-corrected chi connectivity index (χ3v) is 7.72. The van der Waals surface area contributed by atoms with Gasteiger partial charge in [0.2, 0.25) is 0 Å². The third kappa shape index (κ3) is 6.70. The van der Waals surface area contributed by atoms with Crippen molar-refractivity contribution in [1.82, 2.24) is 15.2 Å². The number of aromatic nitrogens is 1. The number of aryl methyl sites for hydroxylation is 2. The van der Waals surface area contributed by atoms with E-state index in [1.165, 1.54) is 16.3 Å². The first-order chi connectivity index (χ1) is 19.6. The molecule has 1 heterocycles. The number of amides is 2. The van der Waals surface area contributed by atoms with Crippen LogP contribution in [0.4, 0.5) is 4.79 Å². The van der Waals surface area contributed by atoms with Crippen LogP contribution in [0.2, 0.25) is 0 Å². The fourth-order valence-corrected chi connectivity index (χ4v) is 5.71. The largest absolute Gasteiger partial charge is 0.444 e. The van der Waals surface area contributed by atoms with Gasteiger partial charge >= 0.3 is 6.09 Å². The molecule has 2 amide bonds. The SMILES string of the molecule is CC(C)(C)OC(=O)NC1CCC(NC(=O)c2cc3ccc(C(=N)N)cc3n2CCc2cccc3ccccc23)CC1. The molecule has 3 aromatic carbocycles. The molecule has 1 fully saturated rings. The van der Waals surface area contributed by atoms with E-state index in [4.69, 9.17) is 15.9 Å². The lowest BCUT2D eigenvalue weighted by Crippen LogP contribution is -2.45. The molecular formula is C33H39N5O3. The quantitative estimate of drug-likeness (QED) is 0.168. The number of nitrogens with two attached hydrogens (primary N) is 1. The van der Waals surface area contributed by atoms with Crippen LogP contribution >= 0.6 is 0 Å². The molecule has 0 unspecified atom stereocenters. The van der Waals surface area contributed by atoms with Crippen LogP contribution in [0.15, 0.2) is 66.7 Å². The van der Waals surface area contributed by atoms with Crippen LogP contribution < -0.4 is 16.4 Å². The summed E-state index contributed by atoms with van der Waals surface area (Å²) >= 11 is 0. The number of nitrogen functional groups attached to an aromatic ring is 1. The molecule has 0 radical (unpaired) electrons. The maximum Gasteiger partial charge on any atom is 0.407 e. The summed E-state index contributed by atoms with van der Waals surface area (Å²) in [5.41, 5.74) is 8.59. The first-order valence-electron chi connectivity index (χ1n) is 14.3. The minimum Gasteiger partial charge on any atom is -0.444 e. The van der Waals surface area contributed by atoms with Crippen molar-refractivity contribution in [1.29, 1.82) is 5.41 Å². The number of hydrogen-bond acceptors (Lipinski definition) is 4. The van der Waals surface area contributed by atoms with Gasteiger partial charge in [-0.3, -0.25) is 10.2 Å². The van der Waals surface area contributed by atoms with Gasteiger partial charge in [-0.05, 0) is 81.3 Å². The molecule has 1 aliphatic rings. The Labute approximate surface area is 240 Å². The number of rotatable bonds is 7. The van der Waals surface area contributed by atoms with Crippen LogP contribution in [0.3, 0.4) is 0 Å². The number of carbonyl (C=O) groups is 2. The molecule has 0 atom stereocenters. The number of fused-ring (bicyclic) bond motifs is 2. The summed E-state index contributed by atoms with van der Waals surface area (Å²) in [5.74, 6) is -0.122. The van der Waals surface area contributed by atoms with E-state index in [-0.39, 0.29) is 23.8 Å². The molecule has 1 saturated carbocycles. The zero-order chi connectivity index (χ0) is 29.1. The summed E-state index contributed by atoms with van der Waals surface area (Å²) in [6, 6.07) is 22.3. The molecule has 0 aliphatic heterocycles. The number of ether oxygens (including phenoxy) is 1. The van der Waals surface area contributed by atoms with Gasteiger partial charge in [0.25, 0.3) is 5.91 Å². The van der Waals surface area contributed by atoms with E-state index in [1.54, 1.807) is 0 Å². The molecule has 4 aromatic rings. The Balaban J connectivity index is 1.33. The predicted molar refractivity (Wildman–Crippen MR) is 163 cm³/mol. The second-order valence-corrected chi connectivity index (χ2v) is 11.9. The molecule has 0 spiro atoms. The molecule has 5 N–H and O–H groups in total. The third-order valence-electron chi connectivity index (χ3n) is 7.72. The van der Waals surface area contributed by atoms with Gasteiger partial charge < -0.3 is 25.7 Å². The van der Waals surface area contributed by atoms with E-state index in [1.807, 2.05) is 57.2 Å². The highest BCUT2D eigenvalue weighted by molar-refractivity contribution is 6.02. The Bertz CT molecular complexity index is 1590. The highest BCUT2D eigenvalue weighted by Crippen LogP contribution is 2.26. The monoisotopic (exact) mass is 553 g/mol. The molecule has 0 saturated heterocycles. The Morgan fingerprint density at radius 3 is 2.32 bits per heavy atom. The average Bonchev–Trinajstić information content (AvgIpc) is 3.30. The molecular weight excluding hydrogens is 514 g/mol. The smallest absolute Gasteiger partial charge is 0.407 e. The minimum absolute atomic E-state index is 0.00328. The first kappa shape index (κ1) is 28.2. The van der Waals surface area contributed by atoms with E-state index < -0.39 is 11.7 Å². The van der Waals surface area contributed by atoms with Gasteiger partial charge in [-0.25, -0.2) is 4.79 Å². The van der Waals surface area contributed by atoms with Crippen molar-refractivity contribution < 1.29 is 14.3 Å². The number of nitrogens with one attached hydrogen (secondary N) is 3. The van der Waals surface area contributed by atoms with Crippen molar-refractivity contribution in [3.05, 3.63) is 83.6 Å². The maximum atomic E-state index is 13.7. The van der Waals surface area contributed by atoms with E-state index in [0.717, 1.165) is 43.0 Å². The standard InChI is InChI=1S/C33H39N5O3/c1-33(2,3)41-32(40)37-26-15-13-25(14-16-26)36-31(39)29-19-23-11-12-24(30(34)35)20-28(23)38(29)18-17-22-9-6-8-21-7-4-5-10-27(21)22/h4-12,19-20,25-26H,13-18H2,1-3H3,(H3,34,35)(H,36,39)(H,37,40). The second kappa shape index (κ2) is 11.6. The normalized spacial score (nSPS) is 17.3. The fourth-order valence-electron chi connectivity index (χ4n) is 5.71. The molecule has 8 nitrogen and oxygen atoms in total. The molecule has 5 rings (SSSR count). The zero-order valence-corrected chi connectivity index (χ0v) is 24.0. The summed E-state index contributed by atoms with van der Waals surface area (Å²) in [5, 5.41) is 17.5. The number of alkyl carbamates (subject to hydrolysis) is 1. The zero-order valence-electron chi connectivity index (χ0n) is 24.0. The minimum atomic E-state index is -0.535. The van der Waals surface area contributed by atoms with Crippen molar-refractivity contribution in [2.24, 2.45) is 5.73 Å². The highest BCUT2D eigenvalue weighted by atomic mass is 16.6. The number of amidine groups is 1. The summed E-state index contributed by atoms with van der Waals surface area (Å²) in [6.07, 6.45) is 3.45. The van der Waals surface area contributed by atoms with Crippen LogP contribution in [-0.4, -0.2) is 40.1 Å². The molecule has 1 aliphatic carbocycles. The molecule has 41 heavy (non-hydrogen) atoms. The first-order valence-corrected chi connectivity index (χ1v) is 14.3. The number of hydrogen-bond donors (Lipinski definition) is 4. The van der Waals surface area contributed by atoms with E-state index in [9.17, 15) is 9.59 Å².